The predicted molar refractivity (Wildman–Crippen MR) is 95.4 cm³/mol. The summed E-state index contributed by atoms with van der Waals surface area (Å²) in [6, 6.07) is 13.9. The minimum Gasteiger partial charge on any atom is -0.359 e. The third-order valence-electron chi connectivity index (χ3n) is 4.54. The third-order valence-corrected chi connectivity index (χ3v) is 4.54. The highest BCUT2D eigenvalue weighted by atomic mass is 16.2. The van der Waals surface area contributed by atoms with Crippen LogP contribution < -0.4 is 0 Å². The van der Waals surface area contributed by atoms with Gasteiger partial charge >= 0.3 is 0 Å². The molecule has 120 valence electrons. The van der Waals surface area contributed by atoms with E-state index >= 15 is 0 Å². The number of carbonyl (C=O) groups excluding carboxylic acids is 1. The van der Waals surface area contributed by atoms with Gasteiger partial charge in [0.25, 0.3) is 0 Å². The minimum absolute atomic E-state index is 0.188. The molecule has 3 aromatic rings. The third kappa shape index (κ3) is 2.83. The van der Waals surface area contributed by atoms with Crippen LogP contribution in [-0.4, -0.2) is 33.9 Å². The van der Waals surface area contributed by atoms with Crippen LogP contribution in [0.15, 0.2) is 60.9 Å². The van der Waals surface area contributed by atoms with E-state index in [9.17, 15) is 4.79 Å². The zero-order valence-electron chi connectivity index (χ0n) is 13.4. The summed E-state index contributed by atoms with van der Waals surface area (Å²) in [5, 5.41) is 0. The molecule has 2 aromatic heterocycles. The van der Waals surface area contributed by atoms with E-state index < -0.39 is 0 Å². The number of aromatic amines is 1. The lowest BCUT2D eigenvalue weighted by Gasteiger charge is -2.26. The van der Waals surface area contributed by atoms with Crippen molar-refractivity contribution in [2.24, 2.45) is 0 Å². The minimum atomic E-state index is 0.188. The maximum Gasteiger partial charge on any atom is 0.227 e. The maximum absolute atomic E-state index is 12.5. The van der Waals surface area contributed by atoms with E-state index in [-0.39, 0.29) is 5.91 Å². The van der Waals surface area contributed by atoms with Gasteiger partial charge in [-0.3, -0.25) is 9.78 Å². The second-order valence-electron chi connectivity index (χ2n) is 6.08. The molecule has 3 heterocycles. The average Bonchev–Trinajstić information content (AvgIpc) is 3.07. The van der Waals surface area contributed by atoms with Gasteiger partial charge in [0.1, 0.15) is 0 Å². The van der Waals surface area contributed by atoms with Gasteiger partial charge in [-0.1, -0.05) is 36.4 Å². The van der Waals surface area contributed by atoms with Crippen molar-refractivity contribution in [2.75, 3.05) is 13.1 Å². The van der Waals surface area contributed by atoms with Crippen LogP contribution in [0, 0.1) is 0 Å². The molecule has 0 atom stereocenters. The standard InChI is InChI=1S/C20H19N3O/c24-19(13-15-5-2-1-3-6-15)23-11-8-16(9-12-23)17-14-22-18-7-4-10-21-20(17)18/h1-8,10,14,22H,9,11-13H2. The number of aromatic nitrogens is 2. The first kappa shape index (κ1) is 14.7. The molecule has 0 unspecified atom stereocenters. The monoisotopic (exact) mass is 317 g/mol. The molecule has 0 fully saturated rings. The van der Waals surface area contributed by atoms with Gasteiger partial charge < -0.3 is 9.88 Å². The Kier molecular flexibility index (Phi) is 3.87. The molecule has 24 heavy (non-hydrogen) atoms. The summed E-state index contributed by atoms with van der Waals surface area (Å²) in [6.07, 6.45) is 7.33. The molecule has 4 heteroatoms. The number of pyridine rings is 1. The highest BCUT2D eigenvalue weighted by molar-refractivity contribution is 5.90. The molecule has 4 rings (SSSR count). The van der Waals surface area contributed by atoms with Crippen molar-refractivity contribution in [1.29, 1.82) is 0 Å². The van der Waals surface area contributed by atoms with Gasteiger partial charge in [0, 0.05) is 31.0 Å². The summed E-state index contributed by atoms with van der Waals surface area (Å²) >= 11 is 0. The van der Waals surface area contributed by atoms with E-state index in [1.807, 2.05) is 59.8 Å². The normalized spacial score (nSPS) is 14.7. The van der Waals surface area contributed by atoms with E-state index in [1.165, 1.54) is 5.57 Å². The molecule has 0 aliphatic carbocycles. The van der Waals surface area contributed by atoms with E-state index in [0.29, 0.717) is 13.0 Å². The SMILES string of the molecule is O=C(Cc1ccccc1)N1CC=C(c2c[nH]c3cccnc23)CC1. The van der Waals surface area contributed by atoms with Crippen molar-refractivity contribution in [3.8, 4) is 0 Å². The highest BCUT2D eigenvalue weighted by Crippen LogP contribution is 2.28. The van der Waals surface area contributed by atoms with Crippen molar-refractivity contribution in [1.82, 2.24) is 14.9 Å². The Labute approximate surface area is 140 Å². The highest BCUT2D eigenvalue weighted by Gasteiger charge is 2.19. The van der Waals surface area contributed by atoms with Crippen molar-refractivity contribution in [3.63, 3.8) is 0 Å². The number of hydrogen-bond acceptors (Lipinski definition) is 2. The fourth-order valence-corrected chi connectivity index (χ4v) is 3.22. The molecule has 1 N–H and O–H groups in total. The van der Waals surface area contributed by atoms with Crippen LogP contribution in [0.5, 0.6) is 0 Å². The lowest BCUT2D eigenvalue weighted by Crippen LogP contribution is -2.35. The van der Waals surface area contributed by atoms with Gasteiger partial charge in [-0.2, -0.15) is 0 Å². The zero-order valence-corrected chi connectivity index (χ0v) is 13.4. The van der Waals surface area contributed by atoms with E-state index in [4.69, 9.17) is 0 Å². The quantitative estimate of drug-likeness (QED) is 0.804. The van der Waals surface area contributed by atoms with Gasteiger partial charge in [-0.05, 0) is 29.7 Å². The van der Waals surface area contributed by atoms with Crippen molar-refractivity contribution < 1.29 is 4.79 Å². The fourth-order valence-electron chi connectivity index (χ4n) is 3.22. The van der Waals surface area contributed by atoms with Gasteiger partial charge in [0.15, 0.2) is 0 Å². The Balaban J connectivity index is 1.48. The largest absolute Gasteiger partial charge is 0.359 e. The van der Waals surface area contributed by atoms with E-state index in [0.717, 1.165) is 35.1 Å². The topological polar surface area (TPSA) is 49.0 Å². The molecule has 0 saturated carbocycles. The first-order valence-electron chi connectivity index (χ1n) is 8.24. The first-order chi connectivity index (χ1) is 11.8. The molecule has 0 spiro atoms. The summed E-state index contributed by atoms with van der Waals surface area (Å²) in [5.74, 6) is 0.188. The summed E-state index contributed by atoms with van der Waals surface area (Å²) < 4.78 is 0. The molecule has 0 radical (unpaired) electrons. The summed E-state index contributed by atoms with van der Waals surface area (Å²) in [6.45, 7) is 1.43. The summed E-state index contributed by atoms with van der Waals surface area (Å²) in [4.78, 5) is 22.1. The number of rotatable bonds is 3. The Bertz CT molecular complexity index is 895. The Hall–Kier alpha value is -2.88. The van der Waals surface area contributed by atoms with Gasteiger partial charge in [0.2, 0.25) is 5.91 Å². The van der Waals surface area contributed by atoms with Crippen LogP contribution in [0.25, 0.3) is 16.6 Å². The second kappa shape index (κ2) is 6.32. The van der Waals surface area contributed by atoms with E-state index in [2.05, 4.69) is 16.0 Å². The molecule has 1 aromatic carbocycles. The molecule has 1 aliphatic heterocycles. The Morgan fingerprint density at radius 3 is 2.83 bits per heavy atom. The smallest absolute Gasteiger partial charge is 0.227 e. The number of nitrogens with one attached hydrogen (secondary N) is 1. The Morgan fingerprint density at radius 1 is 1.17 bits per heavy atom. The number of H-pyrrole nitrogens is 1. The van der Waals surface area contributed by atoms with Crippen molar-refractivity contribution in [2.45, 2.75) is 12.8 Å². The van der Waals surface area contributed by atoms with Gasteiger partial charge in [0.05, 0.1) is 17.5 Å². The number of nitrogens with zero attached hydrogens (tertiary/aromatic N) is 2. The fraction of sp³-hybridized carbons (Fsp3) is 0.200. The lowest BCUT2D eigenvalue weighted by atomic mass is 10.0. The van der Waals surface area contributed by atoms with Gasteiger partial charge in [-0.25, -0.2) is 0 Å². The molecule has 4 nitrogen and oxygen atoms in total. The maximum atomic E-state index is 12.5. The first-order valence-corrected chi connectivity index (χ1v) is 8.24. The van der Waals surface area contributed by atoms with Gasteiger partial charge in [-0.15, -0.1) is 0 Å². The number of fused-ring (bicyclic) bond motifs is 1. The number of benzene rings is 1. The average molecular weight is 317 g/mol. The molecular formula is C20H19N3O. The summed E-state index contributed by atoms with van der Waals surface area (Å²) in [5.41, 5.74) is 5.55. The molecule has 0 saturated heterocycles. The van der Waals surface area contributed by atoms with Crippen molar-refractivity contribution in [3.05, 3.63) is 72.1 Å². The van der Waals surface area contributed by atoms with Crippen LogP contribution in [0.2, 0.25) is 0 Å². The molecule has 0 bridgehead atoms. The Morgan fingerprint density at radius 2 is 2.04 bits per heavy atom. The molecular weight excluding hydrogens is 298 g/mol. The predicted octanol–water partition coefficient (Wildman–Crippen LogP) is 3.42. The van der Waals surface area contributed by atoms with Crippen LogP contribution in [0.4, 0.5) is 0 Å². The van der Waals surface area contributed by atoms with Crippen molar-refractivity contribution >= 4 is 22.5 Å². The van der Waals surface area contributed by atoms with Crippen LogP contribution in [-0.2, 0) is 11.2 Å². The number of carbonyl (C=O) groups is 1. The summed E-state index contributed by atoms with van der Waals surface area (Å²) in [7, 11) is 0. The number of hydrogen-bond donors (Lipinski definition) is 1. The van der Waals surface area contributed by atoms with Crippen LogP contribution in [0.3, 0.4) is 0 Å². The van der Waals surface area contributed by atoms with E-state index in [1.54, 1.807) is 0 Å². The van der Waals surface area contributed by atoms with Crippen LogP contribution >= 0.6 is 0 Å². The number of amides is 1. The molecule has 1 aliphatic rings. The lowest BCUT2D eigenvalue weighted by molar-refractivity contribution is -0.130. The molecule has 1 amide bonds. The van der Waals surface area contributed by atoms with Crippen LogP contribution in [0.1, 0.15) is 17.5 Å². The second-order valence-corrected chi connectivity index (χ2v) is 6.08. The zero-order chi connectivity index (χ0) is 16.4.